The van der Waals surface area contributed by atoms with Crippen LogP contribution in [0.2, 0.25) is 0 Å². The van der Waals surface area contributed by atoms with Crippen LogP contribution in [0.5, 0.6) is 0 Å². The normalized spacial score (nSPS) is 25.1. The first-order valence-corrected chi connectivity index (χ1v) is 5.76. The Hall–Kier alpha value is -0.610. The van der Waals surface area contributed by atoms with Crippen LogP contribution in [0.15, 0.2) is 4.52 Å². The van der Waals surface area contributed by atoms with Crippen LogP contribution in [-0.2, 0) is 11.0 Å². The third-order valence-electron chi connectivity index (χ3n) is 3.88. The number of rotatable bonds is 2. The summed E-state index contributed by atoms with van der Waals surface area (Å²) in [4.78, 5) is 4.50. The molecule has 0 aliphatic heterocycles. The van der Waals surface area contributed by atoms with Crippen LogP contribution < -0.4 is 5.73 Å². The minimum absolute atomic E-state index is 0. The van der Waals surface area contributed by atoms with Gasteiger partial charge in [-0.3, -0.25) is 0 Å². The molecule has 5 heteroatoms. The van der Waals surface area contributed by atoms with Gasteiger partial charge in [0.2, 0.25) is 5.89 Å². The summed E-state index contributed by atoms with van der Waals surface area (Å²) in [6.07, 6.45) is 6.65. The van der Waals surface area contributed by atoms with E-state index in [2.05, 4.69) is 17.1 Å². The van der Waals surface area contributed by atoms with Gasteiger partial charge in [0.25, 0.3) is 0 Å². The lowest BCUT2D eigenvalue weighted by Gasteiger charge is -2.17. The van der Waals surface area contributed by atoms with Crippen LogP contribution in [-0.4, -0.2) is 10.1 Å². The molecule has 0 radical (unpaired) electrons. The SMILES string of the molecule is CC1(c2nc(C3(N)CCCC3)no2)CC1.Cl. The van der Waals surface area contributed by atoms with Gasteiger partial charge in [-0.1, -0.05) is 24.9 Å². The van der Waals surface area contributed by atoms with E-state index in [0.717, 1.165) is 37.4 Å². The van der Waals surface area contributed by atoms with Gasteiger partial charge in [-0.15, -0.1) is 12.4 Å². The molecule has 2 aliphatic rings. The van der Waals surface area contributed by atoms with Crippen molar-refractivity contribution in [2.24, 2.45) is 5.73 Å². The van der Waals surface area contributed by atoms with E-state index in [1.807, 2.05) is 0 Å². The van der Waals surface area contributed by atoms with E-state index in [1.54, 1.807) is 0 Å². The molecule has 16 heavy (non-hydrogen) atoms. The van der Waals surface area contributed by atoms with Crippen molar-refractivity contribution in [2.45, 2.75) is 56.4 Å². The van der Waals surface area contributed by atoms with Gasteiger partial charge in [-0.2, -0.15) is 4.98 Å². The summed E-state index contributed by atoms with van der Waals surface area (Å²) in [7, 11) is 0. The van der Waals surface area contributed by atoms with E-state index >= 15 is 0 Å². The molecule has 0 saturated heterocycles. The van der Waals surface area contributed by atoms with Crippen molar-refractivity contribution < 1.29 is 4.52 Å². The maximum Gasteiger partial charge on any atom is 0.232 e. The molecule has 2 fully saturated rings. The molecule has 4 nitrogen and oxygen atoms in total. The van der Waals surface area contributed by atoms with Crippen molar-refractivity contribution in [1.82, 2.24) is 10.1 Å². The Balaban J connectivity index is 0.000000963. The molecule has 90 valence electrons. The predicted octanol–water partition coefficient (Wildman–Crippen LogP) is 2.27. The second-order valence-corrected chi connectivity index (χ2v) is 5.35. The fourth-order valence-electron chi connectivity index (χ4n) is 2.30. The van der Waals surface area contributed by atoms with E-state index in [9.17, 15) is 0 Å². The Kier molecular flexibility index (Phi) is 2.75. The number of nitrogens with two attached hydrogens (primary N) is 1. The van der Waals surface area contributed by atoms with E-state index in [1.165, 1.54) is 12.8 Å². The van der Waals surface area contributed by atoms with E-state index in [4.69, 9.17) is 10.3 Å². The monoisotopic (exact) mass is 243 g/mol. The second kappa shape index (κ2) is 3.70. The molecular formula is C11H18ClN3O. The van der Waals surface area contributed by atoms with Crippen molar-refractivity contribution in [2.75, 3.05) is 0 Å². The molecule has 2 aliphatic carbocycles. The first kappa shape index (κ1) is 11.9. The highest BCUT2D eigenvalue weighted by atomic mass is 35.5. The van der Waals surface area contributed by atoms with Gasteiger partial charge in [-0.25, -0.2) is 0 Å². The summed E-state index contributed by atoms with van der Waals surface area (Å²) in [5, 5.41) is 4.07. The van der Waals surface area contributed by atoms with Crippen molar-refractivity contribution in [1.29, 1.82) is 0 Å². The average molecular weight is 244 g/mol. The second-order valence-electron chi connectivity index (χ2n) is 5.35. The zero-order chi connectivity index (χ0) is 10.5. The van der Waals surface area contributed by atoms with Gasteiger partial charge >= 0.3 is 0 Å². The van der Waals surface area contributed by atoms with Crippen molar-refractivity contribution in [3.63, 3.8) is 0 Å². The summed E-state index contributed by atoms with van der Waals surface area (Å²) in [6, 6.07) is 0. The van der Waals surface area contributed by atoms with Gasteiger partial charge < -0.3 is 10.3 Å². The van der Waals surface area contributed by atoms with E-state index < -0.39 is 0 Å². The third kappa shape index (κ3) is 1.74. The third-order valence-corrected chi connectivity index (χ3v) is 3.88. The van der Waals surface area contributed by atoms with E-state index in [-0.39, 0.29) is 23.4 Å². The van der Waals surface area contributed by atoms with Crippen LogP contribution >= 0.6 is 12.4 Å². The van der Waals surface area contributed by atoms with Crippen molar-refractivity contribution in [3.8, 4) is 0 Å². The fourth-order valence-corrected chi connectivity index (χ4v) is 2.30. The van der Waals surface area contributed by atoms with Crippen molar-refractivity contribution in [3.05, 3.63) is 11.7 Å². The number of nitrogens with zero attached hydrogens (tertiary/aromatic N) is 2. The van der Waals surface area contributed by atoms with Gasteiger partial charge in [-0.05, 0) is 25.7 Å². The number of hydrogen-bond acceptors (Lipinski definition) is 4. The highest BCUT2D eigenvalue weighted by molar-refractivity contribution is 5.85. The lowest BCUT2D eigenvalue weighted by Crippen LogP contribution is -2.34. The Morgan fingerprint density at radius 1 is 1.19 bits per heavy atom. The van der Waals surface area contributed by atoms with Crippen LogP contribution in [0, 0.1) is 0 Å². The maximum absolute atomic E-state index is 6.27. The number of aromatic nitrogens is 2. The van der Waals surface area contributed by atoms with Gasteiger partial charge in [0.15, 0.2) is 5.82 Å². The Labute approximate surface area is 101 Å². The summed E-state index contributed by atoms with van der Waals surface area (Å²) in [5.74, 6) is 1.51. The molecule has 3 rings (SSSR count). The molecule has 2 saturated carbocycles. The summed E-state index contributed by atoms with van der Waals surface area (Å²) in [5.41, 5.74) is 6.11. The first-order valence-electron chi connectivity index (χ1n) is 5.76. The largest absolute Gasteiger partial charge is 0.339 e. The van der Waals surface area contributed by atoms with E-state index in [0.29, 0.717) is 0 Å². The molecule has 0 atom stereocenters. The molecule has 2 N–H and O–H groups in total. The minimum atomic E-state index is -0.312. The predicted molar refractivity (Wildman–Crippen MR) is 62.5 cm³/mol. The molecule has 1 heterocycles. The highest BCUT2D eigenvalue weighted by Crippen LogP contribution is 2.47. The number of hydrogen-bond donors (Lipinski definition) is 1. The zero-order valence-electron chi connectivity index (χ0n) is 9.53. The quantitative estimate of drug-likeness (QED) is 0.866. The molecule has 0 unspecified atom stereocenters. The Bertz CT molecular complexity index is 380. The van der Waals surface area contributed by atoms with Crippen LogP contribution in [0.4, 0.5) is 0 Å². The molecule has 1 aromatic rings. The molecule has 0 amide bonds. The molecule has 0 spiro atoms. The lowest BCUT2D eigenvalue weighted by molar-refractivity contribution is 0.333. The summed E-state index contributed by atoms with van der Waals surface area (Å²) >= 11 is 0. The fraction of sp³-hybridized carbons (Fsp3) is 0.818. The topological polar surface area (TPSA) is 64.9 Å². The van der Waals surface area contributed by atoms with Gasteiger partial charge in [0, 0.05) is 5.41 Å². The average Bonchev–Trinajstić information content (AvgIpc) is 2.74. The summed E-state index contributed by atoms with van der Waals surface area (Å²) < 4.78 is 5.33. The number of halogens is 1. The highest BCUT2D eigenvalue weighted by Gasteiger charge is 2.46. The van der Waals surface area contributed by atoms with Crippen molar-refractivity contribution >= 4 is 12.4 Å². The van der Waals surface area contributed by atoms with Crippen LogP contribution in [0.1, 0.15) is 57.2 Å². The first-order chi connectivity index (χ1) is 7.12. The Morgan fingerprint density at radius 2 is 1.81 bits per heavy atom. The molecular weight excluding hydrogens is 226 g/mol. The lowest BCUT2D eigenvalue weighted by atomic mass is 9.98. The van der Waals surface area contributed by atoms with Gasteiger partial charge in [0.1, 0.15) is 0 Å². The zero-order valence-corrected chi connectivity index (χ0v) is 10.3. The molecule has 0 bridgehead atoms. The van der Waals surface area contributed by atoms with Crippen LogP contribution in [0.3, 0.4) is 0 Å². The minimum Gasteiger partial charge on any atom is -0.339 e. The van der Waals surface area contributed by atoms with Crippen LogP contribution in [0.25, 0.3) is 0 Å². The molecule has 1 aromatic heterocycles. The molecule has 0 aromatic carbocycles. The standard InChI is InChI=1S/C11H17N3O.ClH/c1-10(6-7-10)9-13-8(14-15-9)11(12)4-2-3-5-11;/h2-7,12H2,1H3;1H. The summed E-state index contributed by atoms with van der Waals surface area (Å²) in [6.45, 7) is 2.17. The smallest absolute Gasteiger partial charge is 0.232 e. The Morgan fingerprint density at radius 3 is 2.38 bits per heavy atom. The maximum atomic E-state index is 6.27. The van der Waals surface area contributed by atoms with Gasteiger partial charge in [0.05, 0.1) is 5.54 Å².